The number of rotatable bonds is 3. The summed E-state index contributed by atoms with van der Waals surface area (Å²) in [5.74, 6) is 0.435. The summed E-state index contributed by atoms with van der Waals surface area (Å²) >= 11 is 1.34. The molecule has 4 rings (SSSR count). The summed E-state index contributed by atoms with van der Waals surface area (Å²) in [6.45, 7) is 3.04. The zero-order chi connectivity index (χ0) is 19.7. The van der Waals surface area contributed by atoms with Crippen LogP contribution in [0.2, 0.25) is 0 Å². The highest BCUT2D eigenvalue weighted by Gasteiger charge is 2.15. The molecule has 28 heavy (non-hydrogen) atoms. The SMILES string of the molecule is CCOC(=O)c1ccc2c(c1)sc(=NC(=O)c1ccc3c(c1)OCCO3)n2C. The Balaban J connectivity index is 1.69. The molecule has 2 aromatic carbocycles. The van der Waals surface area contributed by atoms with E-state index in [9.17, 15) is 9.59 Å². The van der Waals surface area contributed by atoms with Crippen molar-refractivity contribution >= 4 is 33.4 Å². The zero-order valence-electron chi connectivity index (χ0n) is 15.4. The molecule has 0 N–H and O–H groups in total. The summed E-state index contributed by atoms with van der Waals surface area (Å²) in [7, 11) is 1.83. The number of carbonyl (C=O) groups is 2. The first kappa shape index (κ1) is 18.2. The van der Waals surface area contributed by atoms with E-state index in [4.69, 9.17) is 14.2 Å². The van der Waals surface area contributed by atoms with Crippen LogP contribution in [-0.2, 0) is 11.8 Å². The Bertz CT molecular complexity index is 1150. The lowest BCUT2D eigenvalue weighted by Gasteiger charge is -2.18. The van der Waals surface area contributed by atoms with Gasteiger partial charge in [0.15, 0.2) is 16.3 Å². The third-order valence-electron chi connectivity index (χ3n) is 4.31. The predicted octanol–water partition coefficient (Wildman–Crippen LogP) is 2.93. The van der Waals surface area contributed by atoms with Crippen LogP contribution in [0.3, 0.4) is 0 Å². The fourth-order valence-electron chi connectivity index (χ4n) is 2.91. The molecule has 7 nitrogen and oxygen atoms in total. The van der Waals surface area contributed by atoms with Gasteiger partial charge in [-0.15, -0.1) is 0 Å². The number of nitrogens with zero attached hydrogens (tertiary/aromatic N) is 2. The second-order valence-corrected chi connectivity index (χ2v) is 7.13. The summed E-state index contributed by atoms with van der Waals surface area (Å²) in [4.78, 5) is 29.4. The Morgan fingerprint density at radius 1 is 1.11 bits per heavy atom. The molecule has 0 spiro atoms. The van der Waals surface area contributed by atoms with Gasteiger partial charge in [-0.2, -0.15) is 4.99 Å². The average molecular weight is 398 g/mol. The summed E-state index contributed by atoms with van der Waals surface area (Å²) in [6, 6.07) is 10.3. The Morgan fingerprint density at radius 2 is 1.86 bits per heavy atom. The van der Waals surface area contributed by atoms with Gasteiger partial charge in [-0.3, -0.25) is 4.79 Å². The molecule has 0 aliphatic carbocycles. The standard InChI is InChI=1S/C20H18N2O5S/c1-3-25-19(24)13-4-6-14-17(11-13)28-20(22(14)2)21-18(23)12-5-7-15-16(10-12)27-9-8-26-15/h4-7,10-11H,3,8-9H2,1-2H3. The van der Waals surface area contributed by atoms with E-state index in [-0.39, 0.29) is 11.9 Å². The molecule has 0 bridgehead atoms. The fourth-order valence-corrected chi connectivity index (χ4v) is 3.97. The van der Waals surface area contributed by atoms with E-state index in [1.165, 1.54) is 11.3 Å². The molecule has 1 aliphatic rings. The van der Waals surface area contributed by atoms with E-state index in [2.05, 4.69) is 4.99 Å². The topological polar surface area (TPSA) is 79.1 Å². The zero-order valence-corrected chi connectivity index (χ0v) is 16.2. The van der Waals surface area contributed by atoms with Crippen molar-refractivity contribution in [2.75, 3.05) is 19.8 Å². The van der Waals surface area contributed by atoms with E-state index >= 15 is 0 Å². The number of hydrogen-bond acceptors (Lipinski definition) is 6. The number of hydrogen-bond donors (Lipinski definition) is 0. The molecule has 144 valence electrons. The van der Waals surface area contributed by atoms with Crippen molar-refractivity contribution < 1.29 is 23.8 Å². The van der Waals surface area contributed by atoms with Crippen molar-refractivity contribution in [3.05, 3.63) is 52.3 Å². The van der Waals surface area contributed by atoms with Crippen LogP contribution in [-0.4, -0.2) is 36.3 Å². The van der Waals surface area contributed by atoms with Crippen LogP contribution < -0.4 is 14.3 Å². The minimum absolute atomic E-state index is 0.319. The van der Waals surface area contributed by atoms with Crippen LogP contribution in [0.1, 0.15) is 27.6 Å². The van der Waals surface area contributed by atoms with Gasteiger partial charge in [0.1, 0.15) is 13.2 Å². The Morgan fingerprint density at radius 3 is 2.64 bits per heavy atom. The lowest BCUT2D eigenvalue weighted by molar-refractivity contribution is 0.0526. The maximum Gasteiger partial charge on any atom is 0.338 e. The van der Waals surface area contributed by atoms with Gasteiger partial charge in [0, 0.05) is 12.6 Å². The molecule has 0 unspecified atom stereocenters. The van der Waals surface area contributed by atoms with Crippen molar-refractivity contribution in [3.8, 4) is 11.5 Å². The molecule has 3 aromatic rings. The number of carbonyl (C=O) groups excluding carboxylic acids is 2. The maximum atomic E-state index is 12.6. The maximum absolute atomic E-state index is 12.6. The first-order valence-corrected chi connectivity index (χ1v) is 9.64. The quantitative estimate of drug-likeness (QED) is 0.634. The van der Waals surface area contributed by atoms with Crippen LogP contribution in [0.25, 0.3) is 10.2 Å². The van der Waals surface area contributed by atoms with Crippen molar-refractivity contribution in [1.29, 1.82) is 0 Å². The molecule has 0 saturated carbocycles. The Kier molecular flexibility index (Phi) is 4.87. The molecular weight excluding hydrogens is 380 g/mol. The van der Waals surface area contributed by atoms with Crippen molar-refractivity contribution in [2.45, 2.75) is 6.92 Å². The molecule has 0 atom stereocenters. The third kappa shape index (κ3) is 3.38. The molecule has 1 amide bonds. The highest BCUT2D eigenvalue weighted by molar-refractivity contribution is 7.16. The van der Waals surface area contributed by atoms with Gasteiger partial charge < -0.3 is 18.8 Å². The van der Waals surface area contributed by atoms with Gasteiger partial charge in [0.2, 0.25) is 0 Å². The third-order valence-corrected chi connectivity index (χ3v) is 5.40. The lowest BCUT2D eigenvalue weighted by atomic mass is 10.2. The molecule has 0 radical (unpaired) electrons. The number of benzene rings is 2. The number of esters is 1. The monoisotopic (exact) mass is 398 g/mol. The van der Waals surface area contributed by atoms with Gasteiger partial charge in [-0.1, -0.05) is 11.3 Å². The van der Waals surface area contributed by atoms with E-state index in [1.54, 1.807) is 37.3 Å². The normalized spacial score (nSPS) is 13.6. The van der Waals surface area contributed by atoms with Crippen LogP contribution in [0, 0.1) is 0 Å². The van der Waals surface area contributed by atoms with Crippen molar-refractivity contribution in [2.24, 2.45) is 12.0 Å². The smallest absolute Gasteiger partial charge is 0.338 e. The Hall–Kier alpha value is -3.13. The second kappa shape index (κ2) is 7.47. The predicted molar refractivity (Wildman–Crippen MR) is 104 cm³/mol. The summed E-state index contributed by atoms with van der Waals surface area (Å²) in [5, 5.41) is 0. The number of amides is 1. The van der Waals surface area contributed by atoms with Crippen molar-refractivity contribution in [1.82, 2.24) is 4.57 Å². The van der Waals surface area contributed by atoms with Crippen molar-refractivity contribution in [3.63, 3.8) is 0 Å². The molecule has 2 heterocycles. The number of aromatic nitrogens is 1. The highest BCUT2D eigenvalue weighted by atomic mass is 32.1. The first-order chi connectivity index (χ1) is 13.6. The lowest BCUT2D eigenvalue weighted by Crippen LogP contribution is -2.16. The van der Waals surface area contributed by atoms with E-state index < -0.39 is 0 Å². The van der Waals surface area contributed by atoms with Gasteiger partial charge in [-0.25, -0.2) is 4.79 Å². The second-order valence-electron chi connectivity index (χ2n) is 6.12. The largest absolute Gasteiger partial charge is 0.486 e. The van der Waals surface area contributed by atoms with E-state index in [1.807, 2.05) is 17.7 Å². The van der Waals surface area contributed by atoms with E-state index in [0.717, 1.165) is 10.2 Å². The first-order valence-electron chi connectivity index (χ1n) is 8.82. The number of aryl methyl sites for hydroxylation is 1. The van der Waals surface area contributed by atoms with Crippen LogP contribution in [0.15, 0.2) is 41.4 Å². The molecule has 0 fully saturated rings. The summed E-state index contributed by atoms with van der Waals surface area (Å²) in [5.41, 5.74) is 1.78. The summed E-state index contributed by atoms with van der Waals surface area (Å²) < 4.78 is 18.7. The van der Waals surface area contributed by atoms with Crippen LogP contribution >= 0.6 is 11.3 Å². The average Bonchev–Trinajstić information content (AvgIpc) is 3.02. The molecular formula is C20H18N2O5S. The van der Waals surface area contributed by atoms with Crippen LogP contribution in [0.4, 0.5) is 0 Å². The minimum Gasteiger partial charge on any atom is -0.486 e. The van der Waals surface area contributed by atoms with Gasteiger partial charge in [0.05, 0.1) is 22.4 Å². The highest BCUT2D eigenvalue weighted by Crippen LogP contribution is 2.31. The van der Waals surface area contributed by atoms with Gasteiger partial charge in [-0.05, 0) is 43.3 Å². The van der Waals surface area contributed by atoms with Crippen LogP contribution in [0.5, 0.6) is 11.5 Å². The molecule has 8 heteroatoms. The van der Waals surface area contributed by atoms with Gasteiger partial charge in [0.25, 0.3) is 5.91 Å². The molecule has 0 saturated heterocycles. The van der Waals surface area contributed by atoms with E-state index in [0.29, 0.717) is 47.2 Å². The fraction of sp³-hybridized carbons (Fsp3) is 0.250. The number of thiazole rings is 1. The molecule has 1 aromatic heterocycles. The number of ether oxygens (including phenoxy) is 3. The Labute approximate surface area is 164 Å². The van der Waals surface area contributed by atoms with Gasteiger partial charge >= 0.3 is 5.97 Å². The summed E-state index contributed by atoms with van der Waals surface area (Å²) in [6.07, 6.45) is 0. The molecule has 1 aliphatic heterocycles. The minimum atomic E-state index is -0.371. The number of fused-ring (bicyclic) bond motifs is 2.